The first-order valence-corrected chi connectivity index (χ1v) is 6.88. The van der Waals surface area contributed by atoms with Crippen LogP contribution < -0.4 is 11.3 Å². The molecule has 1 unspecified atom stereocenters. The molecule has 0 aliphatic carbocycles. The molecule has 1 heterocycles. The largest absolute Gasteiger partial charge is 0.271 e. The molecular formula is C14H17ClF2N4. The van der Waals surface area contributed by atoms with E-state index in [0.717, 1.165) is 17.3 Å². The third-order valence-electron chi connectivity index (χ3n) is 3.42. The highest BCUT2D eigenvalue weighted by atomic mass is 35.5. The van der Waals surface area contributed by atoms with Crippen molar-refractivity contribution in [3.05, 3.63) is 51.8 Å². The lowest BCUT2D eigenvalue weighted by atomic mass is 10.00. The summed E-state index contributed by atoms with van der Waals surface area (Å²) in [6, 6.07) is 3.67. The maximum atomic E-state index is 13.2. The SMILES string of the molecule is Cc1nn(C)c(Cl)c1CC(Cc1ccc(F)c(F)c1)NN. The molecule has 0 saturated carbocycles. The molecule has 1 atom stereocenters. The Morgan fingerprint density at radius 2 is 2.05 bits per heavy atom. The van der Waals surface area contributed by atoms with Crippen LogP contribution in [0.3, 0.4) is 0 Å². The van der Waals surface area contributed by atoms with E-state index >= 15 is 0 Å². The van der Waals surface area contributed by atoms with Gasteiger partial charge in [-0.2, -0.15) is 5.10 Å². The highest BCUT2D eigenvalue weighted by molar-refractivity contribution is 6.30. The summed E-state index contributed by atoms with van der Waals surface area (Å²) in [5.74, 6) is 3.83. The van der Waals surface area contributed by atoms with Crippen molar-refractivity contribution in [1.82, 2.24) is 15.2 Å². The predicted octanol–water partition coefficient (Wildman–Crippen LogP) is 2.28. The minimum Gasteiger partial charge on any atom is -0.271 e. The van der Waals surface area contributed by atoms with Gasteiger partial charge in [0.2, 0.25) is 0 Å². The Hall–Kier alpha value is -1.50. The second kappa shape index (κ2) is 6.51. The van der Waals surface area contributed by atoms with Crippen molar-refractivity contribution in [3.63, 3.8) is 0 Å². The van der Waals surface area contributed by atoms with E-state index in [9.17, 15) is 8.78 Å². The molecule has 0 amide bonds. The van der Waals surface area contributed by atoms with Crippen LogP contribution >= 0.6 is 11.6 Å². The lowest BCUT2D eigenvalue weighted by molar-refractivity contribution is 0.498. The molecule has 0 fully saturated rings. The van der Waals surface area contributed by atoms with E-state index in [-0.39, 0.29) is 6.04 Å². The quantitative estimate of drug-likeness (QED) is 0.657. The van der Waals surface area contributed by atoms with Crippen molar-refractivity contribution in [2.24, 2.45) is 12.9 Å². The predicted molar refractivity (Wildman–Crippen MR) is 77.8 cm³/mol. The number of aryl methyl sites for hydroxylation is 2. The Balaban J connectivity index is 2.14. The molecule has 0 spiro atoms. The minimum absolute atomic E-state index is 0.157. The van der Waals surface area contributed by atoms with Crippen LogP contribution in [0.5, 0.6) is 0 Å². The zero-order valence-corrected chi connectivity index (χ0v) is 12.6. The molecule has 1 aromatic heterocycles. The van der Waals surface area contributed by atoms with Crippen molar-refractivity contribution in [3.8, 4) is 0 Å². The summed E-state index contributed by atoms with van der Waals surface area (Å²) < 4.78 is 27.8. The number of nitrogens with two attached hydrogens (primary N) is 1. The lowest BCUT2D eigenvalue weighted by Crippen LogP contribution is -2.38. The number of nitrogens with one attached hydrogen (secondary N) is 1. The van der Waals surface area contributed by atoms with Gasteiger partial charge in [0.1, 0.15) is 5.15 Å². The maximum absolute atomic E-state index is 13.2. The van der Waals surface area contributed by atoms with E-state index in [2.05, 4.69) is 10.5 Å². The summed E-state index contributed by atoms with van der Waals surface area (Å²) in [6.45, 7) is 1.87. The molecule has 0 aliphatic heterocycles. The number of hydrogen-bond acceptors (Lipinski definition) is 3. The van der Waals surface area contributed by atoms with Gasteiger partial charge in [-0.3, -0.25) is 16.0 Å². The van der Waals surface area contributed by atoms with Crippen LogP contribution in [0.1, 0.15) is 16.8 Å². The van der Waals surface area contributed by atoms with Crippen LogP contribution in [0.4, 0.5) is 8.78 Å². The fourth-order valence-electron chi connectivity index (χ4n) is 2.29. The van der Waals surface area contributed by atoms with Gasteiger partial charge in [0.05, 0.1) is 5.69 Å². The van der Waals surface area contributed by atoms with Crippen LogP contribution in [0.25, 0.3) is 0 Å². The molecule has 3 N–H and O–H groups in total. The molecule has 2 aromatic rings. The zero-order chi connectivity index (χ0) is 15.6. The fourth-order valence-corrected chi connectivity index (χ4v) is 2.55. The third kappa shape index (κ3) is 3.58. The normalized spacial score (nSPS) is 12.7. The molecule has 0 radical (unpaired) electrons. The maximum Gasteiger partial charge on any atom is 0.159 e. The third-order valence-corrected chi connectivity index (χ3v) is 3.89. The second-order valence-corrected chi connectivity index (χ2v) is 5.36. The van der Waals surface area contributed by atoms with E-state index in [4.69, 9.17) is 17.4 Å². The number of halogens is 3. The van der Waals surface area contributed by atoms with Gasteiger partial charge in [-0.05, 0) is 37.5 Å². The Morgan fingerprint density at radius 1 is 1.33 bits per heavy atom. The van der Waals surface area contributed by atoms with E-state index < -0.39 is 11.6 Å². The number of nitrogens with zero attached hydrogens (tertiary/aromatic N) is 2. The number of benzene rings is 1. The van der Waals surface area contributed by atoms with Crippen LogP contribution in [0.15, 0.2) is 18.2 Å². The molecule has 4 nitrogen and oxygen atoms in total. The Kier molecular flexibility index (Phi) is 4.92. The molecule has 114 valence electrons. The van der Waals surface area contributed by atoms with E-state index in [1.807, 2.05) is 6.92 Å². The molecule has 0 saturated heterocycles. The number of hydrogen-bond donors (Lipinski definition) is 2. The van der Waals surface area contributed by atoms with Crippen LogP contribution in [0, 0.1) is 18.6 Å². The van der Waals surface area contributed by atoms with E-state index in [1.165, 1.54) is 6.07 Å². The van der Waals surface area contributed by atoms with E-state index in [1.54, 1.807) is 17.8 Å². The fraction of sp³-hybridized carbons (Fsp3) is 0.357. The first kappa shape index (κ1) is 15.9. The molecule has 0 bridgehead atoms. The molecule has 7 heteroatoms. The average Bonchev–Trinajstić information content (AvgIpc) is 2.68. The summed E-state index contributed by atoms with van der Waals surface area (Å²) in [5.41, 5.74) is 5.07. The van der Waals surface area contributed by atoms with Crippen molar-refractivity contribution in [1.29, 1.82) is 0 Å². The van der Waals surface area contributed by atoms with Gasteiger partial charge in [-0.15, -0.1) is 0 Å². The lowest BCUT2D eigenvalue weighted by Gasteiger charge is -2.16. The van der Waals surface area contributed by atoms with Gasteiger partial charge in [0, 0.05) is 18.7 Å². The summed E-state index contributed by atoms with van der Waals surface area (Å²) in [5, 5.41) is 4.79. The summed E-state index contributed by atoms with van der Waals surface area (Å²) >= 11 is 6.19. The standard InChI is InChI=1S/C14H17ClF2N4/c1-8-11(14(15)21(2)20-8)7-10(19-18)5-9-3-4-12(16)13(17)6-9/h3-4,6,10,19H,5,7,18H2,1-2H3. The van der Waals surface area contributed by atoms with Gasteiger partial charge in [-0.1, -0.05) is 17.7 Å². The first-order valence-electron chi connectivity index (χ1n) is 6.50. The molecule has 2 rings (SSSR count). The second-order valence-electron chi connectivity index (χ2n) is 5.00. The molecular weight excluding hydrogens is 298 g/mol. The van der Waals surface area contributed by atoms with Crippen LogP contribution in [-0.4, -0.2) is 15.8 Å². The van der Waals surface area contributed by atoms with Crippen molar-refractivity contribution < 1.29 is 8.78 Å². The highest BCUT2D eigenvalue weighted by Crippen LogP contribution is 2.21. The topological polar surface area (TPSA) is 55.9 Å². The Labute approximate surface area is 126 Å². The zero-order valence-electron chi connectivity index (χ0n) is 11.8. The van der Waals surface area contributed by atoms with E-state index in [0.29, 0.717) is 23.6 Å². The first-order chi connectivity index (χ1) is 9.92. The van der Waals surface area contributed by atoms with Gasteiger partial charge >= 0.3 is 0 Å². The highest BCUT2D eigenvalue weighted by Gasteiger charge is 2.17. The molecule has 0 aliphatic rings. The van der Waals surface area contributed by atoms with Gasteiger partial charge in [0.15, 0.2) is 11.6 Å². The van der Waals surface area contributed by atoms with Crippen LogP contribution in [0.2, 0.25) is 5.15 Å². The molecule has 1 aromatic carbocycles. The number of hydrazine groups is 1. The Morgan fingerprint density at radius 3 is 2.57 bits per heavy atom. The molecule has 21 heavy (non-hydrogen) atoms. The minimum atomic E-state index is -0.862. The number of aromatic nitrogens is 2. The monoisotopic (exact) mass is 314 g/mol. The number of rotatable bonds is 5. The van der Waals surface area contributed by atoms with Gasteiger partial charge in [-0.25, -0.2) is 8.78 Å². The van der Waals surface area contributed by atoms with Crippen LogP contribution in [-0.2, 0) is 19.9 Å². The van der Waals surface area contributed by atoms with Gasteiger partial charge < -0.3 is 0 Å². The average molecular weight is 315 g/mol. The summed E-state index contributed by atoms with van der Waals surface area (Å²) in [7, 11) is 1.76. The smallest absolute Gasteiger partial charge is 0.159 e. The summed E-state index contributed by atoms with van der Waals surface area (Å²) in [4.78, 5) is 0. The van der Waals surface area contributed by atoms with Crippen molar-refractivity contribution in [2.45, 2.75) is 25.8 Å². The summed E-state index contributed by atoms with van der Waals surface area (Å²) in [6.07, 6.45) is 1.01. The Bertz CT molecular complexity index is 642. The van der Waals surface area contributed by atoms with Crippen molar-refractivity contribution >= 4 is 11.6 Å². The van der Waals surface area contributed by atoms with Gasteiger partial charge in [0.25, 0.3) is 0 Å². The van der Waals surface area contributed by atoms with Crippen molar-refractivity contribution in [2.75, 3.05) is 0 Å².